The van der Waals surface area contributed by atoms with E-state index >= 15 is 0 Å². The van der Waals surface area contributed by atoms with Crippen LogP contribution in [0.25, 0.3) is 0 Å². The molecular formula is C13H27NO2Si. The Morgan fingerprint density at radius 3 is 2.47 bits per heavy atom. The summed E-state index contributed by atoms with van der Waals surface area (Å²) in [4.78, 5) is 0. The Morgan fingerprint density at radius 1 is 1.35 bits per heavy atom. The number of hydrogen-bond donors (Lipinski definition) is 2. The minimum absolute atomic E-state index is 0.210. The molecule has 3 nitrogen and oxygen atoms in total. The van der Waals surface area contributed by atoms with Crippen LogP contribution in [0.15, 0.2) is 0 Å². The molecule has 2 fully saturated rings. The Kier molecular flexibility index (Phi) is 3.22. The molecule has 2 rings (SSSR count). The minimum Gasteiger partial charge on any atom is -0.415 e. The van der Waals surface area contributed by atoms with Gasteiger partial charge >= 0.3 is 0 Å². The first-order valence-corrected chi connectivity index (χ1v) is 9.62. The number of aliphatic hydroxyl groups is 1. The van der Waals surface area contributed by atoms with Crippen LogP contribution < -0.4 is 5.32 Å². The third-order valence-corrected chi connectivity index (χ3v) is 9.55. The fraction of sp³-hybridized carbons (Fsp3) is 1.00. The van der Waals surface area contributed by atoms with Gasteiger partial charge in [0.05, 0.1) is 6.61 Å². The lowest BCUT2D eigenvalue weighted by atomic mass is 10.0. The summed E-state index contributed by atoms with van der Waals surface area (Å²) < 4.78 is 6.23. The van der Waals surface area contributed by atoms with Gasteiger partial charge in [0.15, 0.2) is 8.32 Å². The molecule has 4 heteroatoms. The number of hydrogen-bond acceptors (Lipinski definition) is 3. The van der Waals surface area contributed by atoms with Crippen LogP contribution >= 0.6 is 0 Å². The van der Waals surface area contributed by atoms with Gasteiger partial charge in [-0.05, 0) is 31.0 Å². The van der Waals surface area contributed by atoms with Crippen LogP contribution in [0, 0.1) is 5.41 Å². The lowest BCUT2D eigenvalue weighted by molar-refractivity contribution is 0.193. The molecule has 0 bridgehead atoms. The van der Waals surface area contributed by atoms with Gasteiger partial charge in [-0.2, -0.15) is 0 Å². The molecule has 0 amide bonds. The third kappa shape index (κ3) is 2.45. The van der Waals surface area contributed by atoms with Crippen molar-refractivity contribution in [2.45, 2.75) is 63.8 Å². The normalized spacial score (nSPS) is 37.1. The summed E-state index contributed by atoms with van der Waals surface area (Å²) >= 11 is 0. The number of nitrogens with one attached hydrogen (secondary N) is 1. The maximum absolute atomic E-state index is 9.37. The van der Waals surface area contributed by atoms with Crippen molar-refractivity contribution < 1.29 is 9.53 Å². The Labute approximate surface area is 106 Å². The lowest BCUT2D eigenvalue weighted by Crippen LogP contribution is -2.44. The van der Waals surface area contributed by atoms with E-state index < -0.39 is 8.32 Å². The molecule has 3 atom stereocenters. The molecular weight excluding hydrogens is 230 g/mol. The fourth-order valence-electron chi connectivity index (χ4n) is 2.51. The average Bonchev–Trinajstić information content (AvgIpc) is 2.78. The van der Waals surface area contributed by atoms with Gasteiger partial charge in [0.1, 0.15) is 0 Å². The van der Waals surface area contributed by atoms with Crippen molar-refractivity contribution in [3.05, 3.63) is 0 Å². The number of fused-ring (bicyclic) bond motifs is 1. The molecule has 0 aromatic rings. The number of rotatable bonds is 4. The summed E-state index contributed by atoms with van der Waals surface area (Å²) in [6, 6.07) is 1.01. The summed E-state index contributed by atoms with van der Waals surface area (Å²) in [6.07, 6.45) is 2.24. The van der Waals surface area contributed by atoms with Gasteiger partial charge in [-0.15, -0.1) is 0 Å². The van der Waals surface area contributed by atoms with E-state index in [-0.39, 0.29) is 10.5 Å². The Morgan fingerprint density at radius 2 is 2.00 bits per heavy atom. The highest BCUT2D eigenvalue weighted by atomic mass is 28.4. The van der Waals surface area contributed by atoms with Crippen molar-refractivity contribution in [2.24, 2.45) is 5.41 Å². The Bertz CT molecular complexity index is 296. The zero-order valence-electron chi connectivity index (χ0n) is 11.8. The van der Waals surface area contributed by atoms with E-state index in [1.807, 2.05) is 0 Å². The van der Waals surface area contributed by atoms with E-state index in [4.69, 9.17) is 4.43 Å². The Hall–Kier alpha value is 0.0969. The van der Waals surface area contributed by atoms with Crippen molar-refractivity contribution in [3.63, 3.8) is 0 Å². The van der Waals surface area contributed by atoms with Gasteiger partial charge in [0.25, 0.3) is 0 Å². The highest BCUT2D eigenvalue weighted by Gasteiger charge is 2.59. The Balaban J connectivity index is 1.81. The van der Waals surface area contributed by atoms with Crippen LogP contribution in [-0.4, -0.2) is 38.7 Å². The van der Waals surface area contributed by atoms with Crippen LogP contribution in [-0.2, 0) is 4.43 Å². The highest BCUT2D eigenvalue weighted by Crippen LogP contribution is 2.54. The predicted octanol–water partition coefficient (Wildman–Crippen LogP) is 2.12. The molecule has 0 radical (unpaired) electrons. The standard InChI is InChI=1S/C13H27NO2Si/c1-12(2,3)17(4,5)16-8-10-6-13(9-15)7-11(13)14-10/h10-11,14-15H,6-9H2,1-5H3. The molecule has 1 heterocycles. The van der Waals surface area contributed by atoms with E-state index in [0.717, 1.165) is 19.4 Å². The molecule has 3 unspecified atom stereocenters. The summed E-state index contributed by atoms with van der Waals surface area (Å²) in [5.41, 5.74) is 0.210. The molecule has 17 heavy (non-hydrogen) atoms. The SMILES string of the molecule is CC(C)(C)[Si](C)(C)OCC1CC2(CO)CC2N1. The molecule has 2 aliphatic rings. The topological polar surface area (TPSA) is 41.5 Å². The second-order valence-electron chi connectivity index (χ2n) is 7.42. The maximum atomic E-state index is 9.37. The predicted molar refractivity (Wildman–Crippen MR) is 72.6 cm³/mol. The smallest absolute Gasteiger partial charge is 0.192 e. The minimum atomic E-state index is -1.62. The maximum Gasteiger partial charge on any atom is 0.192 e. The average molecular weight is 257 g/mol. The van der Waals surface area contributed by atoms with E-state index in [1.165, 1.54) is 0 Å². The third-order valence-electron chi connectivity index (χ3n) is 5.05. The zero-order valence-corrected chi connectivity index (χ0v) is 12.8. The lowest BCUT2D eigenvalue weighted by Gasteiger charge is -2.37. The second kappa shape index (κ2) is 4.05. The van der Waals surface area contributed by atoms with E-state index in [9.17, 15) is 5.11 Å². The fourth-order valence-corrected chi connectivity index (χ4v) is 3.57. The first kappa shape index (κ1) is 13.5. The molecule has 2 N–H and O–H groups in total. The quantitative estimate of drug-likeness (QED) is 0.758. The van der Waals surface area contributed by atoms with Crippen LogP contribution in [0.3, 0.4) is 0 Å². The van der Waals surface area contributed by atoms with Gasteiger partial charge in [0.2, 0.25) is 0 Å². The van der Waals surface area contributed by atoms with Crippen LogP contribution in [0.2, 0.25) is 18.1 Å². The van der Waals surface area contributed by atoms with Crippen LogP contribution in [0.1, 0.15) is 33.6 Å². The van der Waals surface area contributed by atoms with Crippen molar-refractivity contribution in [1.29, 1.82) is 0 Å². The van der Waals surface area contributed by atoms with Gasteiger partial charge in [-0.1, -0.05) is 20.8 Å². The van der Waals surface area contributed by atoms with Gasteiger partial charge in [0, 0.05) is 24.1 Å². The summed E-state index contributed by atoms with van der Waals surface area (Å²) in [7, 11) is -1.62. The zero-order chi connectivity index (χ0) is 12.9. The molecule has 0 aromatic heterocycles. The molecule has 100 valence electrons. The van der Waals surface area contributed by atoms with Gasteiger partial charge in [-0.25, -0.2) is 0 Å². The molecule has 1 aliphatic carbocycles. The summed E-state index contributed by atoms with van der Waals surface area (Å²) in [5.74, 6) is 0. The van der Waals surface area contributed by atoms with Crippen molar-refractivity contribution in [3.8, 4) is 0 Å². The molecule has 1 aliphatic heterocycles. The number of piperidine rings is 1. The highest BCUT2D eigenvalue weighted by molar-refractivity contribution is 6.74. The van der Waals surface area contributed by atoms with Crippen molar-refractivity contribution >= 4 is 8.32 Å². The summed E-state index contributed by atoms with van der Waals surface area (Å²) in [6.45, 7) is 12.6. The molecule has 0 aromatic carbocycles. The second-order valence-corrected chi connectivity index (χ2v) is 12.2. The first-order valence-electron chi connectivity index (χ1n) is 6.71. The van der Waals surface area contributed by atoms with E-state index in [1.54, 1.807) is 0 Å². The molecule has 0 spiro atoms. The van der Waals surface area contributed by atoms with E-state index in [0.29, 0.717) is 18.7 Å². The van der Waals surface area contributed by atoms with Crippen LogP contribution in [0.4, 0.5) is 0 Å². The van der Waals surface area contributed by atoms with Crippen molar-refractivity contribution in [2.75, 3.05) is 13.2 Å². The monoisotopic (exact) mass is 257 g/mol. The first-order chi connectivity index (χ1) is 7.70. The van der Waals surface area contributed by atoms with Crippen LogP contribution in [0.5, 0.6) is 0 Å². The molecule has 1 saturated carbocycles. The van der Waals surface area contributed by atoms with Gasteiger partial charge in [-0.3, -0.25) is 0 Å². The van der Waals surface area contributed by atoms with Crippen molar-refractivity contribution in [1.82, 2.24) is 5.32 Å². The number of aliphatic hydroxyl groups excluding tert-OH is 1. The van der Waals surface area contributed by atoms with E-state index in [2.05, 4.69) is 39.2 Å². The largest absolute Gasteiger partial charge is 0.415 e. The molecule has 1 saturated heterocycles. The summed E-state index contributed by atoms with van der Waals surface area (Å²) in [5, 5.41) is 13.2. The van der Waals surface area contributed by atoms with Gasteiger partial charge < -0.3 is 14.8 Å².